The molecule has 0 unspecified atom stereocenters. The summed E-state index contributed by atoms with van der Waals surface area (Å²) in [5.41, 5.74) is 0. The molecular formula is H5Al2O3+. The molecule has 0 aromatic heterocycles. The van der Waals surface area contributed by atoms with E-state index in [-0.39, 0.29) is 28.3 Å². The molecule has 0 bridgehead atoms. The minimum absolute atomic E-state index is 0. The van der Waals surface area contributed by atoms with E-state index in [4.69, 9.17) is 3.80 Å². The van der Waals surface area contributed by atoms with E-state index < -0.39 is 0 Å². The fourth-order valence-electron chi connectivity index (χ4n) is 0. The Labute approximate surface area is 48.7 Å². The second kappa shape index (κ2) is 111. The predicted molar refractivity (Wildman–Crippen MR) is 20.7 cm³/mol. The van der Waals surface area contributed by atoms with Crippen molar-refractivity contribution < 1.29 is 14.8 Å². The van der Waals surface area contributed by atoms with Crippen molar-refractivity contribution in [3.05, 3.63) is 0 Å². The molecular weight excluding hydrogens is 102 g/mol. The molecule has 0 aliphatic carbocycles. The molecule has 4 radical (unpaired) electrons. The van der Waals surface area contributed by atoms with E-state index >= 15 is 0 Å². The van der Waals surface area contributed by atoms with Gasteiger partial charge >= 0.3 is 20.0 Å². The molecule has 0 spiro atoms. The molecule has 5 heteroatoms. The summed E-state index contributed by atoms with van der Waals surface area (Å²) in [4.78, 5) is 0. The zero-order chi connectivity index (χ0) is 2.00. The van der Waals surface area contributed by atoms with E-state index in [9.17, 15) is 0 Å². The number of rotatable bonds is 0. The fraction of sp³-hybridized carbons (Fsp3) is 0. The summed E-state index contributed by atoms with van der Waals surface area (Å²) in [6.45, 7) is 0. The van der Waals surface area contributed by atoms with Gasteiger partial charge in [-0.25, -0.2) is 0 Å². The first kappa shape index (κ1) is 41.6. The van der Waals surface area contributed by atoms with Crippen molar-refractivity contribution in [3.63, 3.8) is 0 Å². The van der Waals surface area contributed by atoms with Crippen LogP contribution in [0.1, 0.15) is 0 Å². The molecule has 0 aliphatic rings. The summed E-state index contributed by atoms with van der Waals surface area (Å²) in [6, 6.07) is 0. The van der Waals surface area contributed by atoms with Crippen LogP contribution in [0.15, 0.2) is 0 Å². The summed E-state index contributed by atoms with van der Waals surface area (Å²) in [6.07, 6.45) is 0. The van der Waals surface area contributed by atoms with Gasteiger partial charge in [-0.1, -0.05) is 0 Å². The van der Waals surface area contributed by atoms with E-state index in [0.29, 0.717) is 0 Å². The molecule has 0 saturated heterocycles. The van der Waals surface area contributed by atoms with Crippen molar-refractivity contribution in [2.24, 2.45) is 0 Å². The maximum absolute atomic E-state index is 8.17. The van der Waals surface area contributed by atoms with Gasteiger partial charge in [0.1, 0.15) is 0 Å². The standard InChI is InChI=1S/2Al.2H2O.O/h;;2*1H2;/p+1. The average Bonchev–Trinajstić information content (AvgIpc) is 1.00. The first-order valence-corrected chi connectivity index (χ1v) is 0.707. The van der Waals surface area contributed by atoms with Crippen molar-refractivity contribution in [1.82, 2.24) is 0 Å². The summed E-state index contributed by atoms with van der Waals surface area (Å²) < 4.78 is 8.17. The SMILES string of the molecule is O.[Al].[OH3+].[O]=[Al]. The average molecular weight is 107 g/mol. The fourth-order valence-corrected chi connectivity index (χ4v) is 0. The topological polar surface area (TPSA) is 81.6 Å². The van der Waals surface area contributed by atoms with Crippen molar-refractivity contribution in [3.8, 4) is 0 Å². The van der Waals surface area contributed by atoms with Crippen LogP contribution in [0.25, 0.3) is 0 Å². The molecule has 0 amide bonds. The molecule has 0 aromatic rings. The number of hydrogen-bond donors (Lipinski definition) is 0. The van der Waals surface area contributed by atoms with E-state index in [1.54, 1.807) is 0 Å². The van der Waals surface area contributed by atoms with Gasteiger partial charge in [-0.2, -0.15) is 0 Å². The Morgan fingerprint density at radius 3 is 1.20 bits per heavy atom. The van der Waals surface area contributed by atoms with Crippen LogP contribution < -0.4 is 0 Å². The van der Waals surface area contributed by atoms with Gasteiger partial charge in [0.15, 0.2) is 0 Å². The third-order valence-corrected chi connectivity index (χ3v) is 0. The van der Waals surface area contributed by atoms with Crippen LogP contribution in [0.3, 0.4) is 0 Å². The van der Waals surface area contributed by atoms with Crippen LogP contribution in [-0.4, -0.2) is 39.1 Å². The van der Waals surface area contributed by atoms with Gasteiger partial charge in [0.2, 0.25) is 0 Å². The summed E-state index contributed by atoms with van der Waals surface area (Å²) in [5, 5.41) is 0. The molecule has 0 fully saturated rings. The first-order chi connectivity index (χ1) is 1.00. The van der Waals surface area contributed by atoms with Gasteiger partial charge in [-0.3, -0.25) is 0 Å². The van der Waals surface area contributed by atoms with Crippen LogP contribution >= 0.6 is 0 Å². The first-order valence-electron chi connectivity index (χ1n) is 0.236. The second-order valence-corrected chi connectivity index (χ2v) is 0. The van der Waals surface area contributed by atoms with Gasteiger partial charge in [0.25, 0.3) is 0 Å². The van der Waals surface area contributed by atoms with Gasteiger partial charge in [0.05, 0.1) is 0 Å². The minimum atomic E-state index is 0. The van der Waals surface area contributed by atoms with Crippen molar-refractivity contribution >= 4 is 33.6 Å². The van der Waals surface area contributed by atoms with Crippen molar-refractivity contribution in [2.75, 3.05) is 0 Å². The van der Waals surface area contributed by atoms with Crippen molar-refractivity contribution in [1.29, 1.82) is 0 Å². The third kappa shape index (κ3) is 60.2. The molecule has 5 heavy (non-hydrogen) atoms. The molecule has 0 atom stereocenters. The second-order valence-electron chi connectivity index (χ2n) is 0. The van der Waals surface area contributed by atoms with E-state index in [1.807, 2.05) is 0 Å². The normalized spacial score (nSPS) is 0.600. The quantitative estimate of drug-likeness (QED) is 0.246. The zero-order valence-corrected chi connectivity index (χ0v) is 4.95. The molecule has 28 valence electrons. The van der Waals surface area contributed by atoms with E-state index in [1.165, 1.54) is 16.2 Å². The Bertz CT molecular complexity index is 4.85. The summed E-state index contributed by atoms with van der Waals surface area (Å²) in [5.74, 6) is 0. The van der Waals surface area contributed by atoms with Crippen molar-refractivity contribution in [2.45, 2.75) is 0 Å². The van der Waals surface area contributed by atoms with Crippen LogP contribution in [-0.2, 0) is 9.28 Å². The van der Waals surface area contributed by atoms with Gasteiger partial charge < -0.3 is 11.0 Å². The van der Waals surface area contributed by atoms with Crippen LogP contribution in [0.2, 0.25) is 0 Å². The zero-order valence-electron chi connectivity index (χ0n) is 2.64. The van der Waals surface area contributed by atoms with Gasteiger partial charge in [0, 0.05) is 17.4 Å². The predicted octanol–water partition coefficient (Wildman–Crippen LogP) is -2.63. The Kier molecular flexibility index (Phi) is 925. The van der Waals surface area contributed by atoms with Gasteiger partial charge in [-0.15, -0.1) is 0 Å². The third-order valence-electron chi connectivity index (χ3n) is 0. The summed E-state index contributed by atoms with van der Waals surface area (Å²) in [7, 11) is 0. The molecule has 0 aromatic carbocycles. The Morgan fingerprint density at radius 1 is 1.20 bits per heavy atom. The molecule has 0 heterocycles. The number of hydrogen-bond acceptors (Lipinski definition) is 1. The molecule has 0 saturated carbocycles. The monoisotopic (exact) mass is 107 g/mol. The van der Waals surface area contributed by atoms with Gasteiger partial charge in [-0.05, 0) is 0 Å². The van der Waals surface area contributed by atoms with Crippen LogP contribution in [0.4, 0.5) is 0 Å². The molecule has 0 aliphatic heterocycles. The van der Waals surface area contributed by atoms with E-state index in [2.05, 4.69) is 0 Å². The maximum atomic E-state index is 8.17. The Hall–Kier alpha value is 0.785. The van der Waals surface area contributed by atoms with Crippen LogP contribution in [0.5, 0.6) is 0 Å². The molecule has 0 rings (SSSR count). The summed E-state index contributed by atoms with van der Waals surface area (Å²) >= 11 is 1.17. The molecule has 3 nitrogen and oxygen atoms in total. The Morgan fingerprint density at radius 2 is 1.20 bits per heavy atom. The van der Waals surface area contributed by atoms with Crippen LogP contribution in [0, 0.1) is 0 Å². The Balaban J connectivity index is -0.00000000167. The van der Waals surface area contributed by atoms with E-state index in [0.717, 1.165) is 0 Å². The molecule has 5 N–H and O–H groups in total.